The van der Waals surface area contributed by atoms with E-state index in [0.717, 1.165) is 32.6 Å². The highest BCUT2D eigenvalue weighted by molar-refractivity contribution is 5.75. The zero-order valence-corrected chi connectivity index (χ0v) is 10.4. The van der Waals surface area contributed by atoms with Crippen LogP contribution in [0.3, 0.4) is 0 Å². The number of benzene rings is 1. The van der Waals surface area contributed by atoms with E-state index in [1.165, 1.54) is 11.3 Å². The van der Waals surface area contributed by atoms with Crippen LogP contribution in [0.15, 0.2) is 24.3 Å². The minimum Gasteiger partial charge on any atom is -0.369 e. The van der Waals surface area contributed by atoms with Crippen LogP contribution >= 0.6 is 0 Å². The lowest BCUT2D eigenvalue weighted by Crippen LogP contribution is -2.43. The Bertz CT molecular complexity index is 366. The predicted octanol–water partition coefficient (Wildman–Crippen LogP) is 1.62. The molecule has 1 heterocycles. The number of nitrogens with zero attached hydrogens (tertiary/aromatic N) is 1. The monoisotopic (exact) mass is 232 g/mol. The number of anilines is 1. The Hall–Kier alpha value is -1.35. The van der Waals surface area contributed by atoms with Crippen molar-refractivity contribution < 1.29 is 4.79 Å². The molecule has 1 aromatic rings. The number of hydrogen-bond donors (Lipinski definition) is 1. The van der Waals surface area contributed by atoms with Gasteiger partial charge in [-0.1, -0.05) is 12.1 Å². The Labute approximate surface area is 103 Å². The molecule has 0 aromatic heterocycles. The standard InChI is InChI=1S/C14H20N2O/c1-12(17)2-3-13-4-6-14(7-5-13)16-10-8-15-9-11-16/h4-7,15H,2-3,8-11H2,1H3. The molecule has 1 N–H and O–H groups in total. The first-order chi connectivity index (χ1) is 8.25. The van der Waals surface area contributed by atoms with E-state index in [-0.39, 0.29) is 5.78 Å². The highest BCUT2D eigenvalue weighted by Gasteiger charge is 2.09. The Morgan fingerprint density at radius 2 is 1.88 bits per heavy atom. The molecule has 0 bridgehead atoms. The summed E-state index contributed by atoms with van der Waals surface area (Å²) >= 11 is 0. The summed E-state index contributed by atoms with van der Waals surface area (Å²) in [6.07, 6.45) is 1.50. The summed E-state index contributed by atoms with van der Waals surface area (Å²) in [5, 5.41) is 3.35. The first kappa shape index (κ1) is 12.1. The molecule has 0 radical (unpaired) electrons. The minimum atomic E-state index is 0.260. The van der Waals surface area contributed by atoms with E-state index in [1.54, 1.807) is 6.92 Å². The summed E-state index contributed by atoms with van der Waals surface area (Å²) in [6, 6.07) is 8.61. The second-order valence-electron chi connectivity index (χ2n) is 4.61. The van der Waals surface area contributed by atoms with Gasteiger partial charge in [0.15, 0.2) is 0 Å². The summed E-state index contributed by atoms with van der Waals surface area (Å²) in [4.78, 5) is 13.3. The molecule has 2 rings (SSSR count). The van der Waals surface area contributed by atoms with Crippen molar-refractivity contribution in [2.45, 2.75) is 19.8 Å². The van der Waals surface area contributed by atoms with Gasteiger partial charge in [0.1, 0.15) is 5.78 Å². The van der Waals surface area contributed by atoms with Crippen LogP contribution in [0.25, 0.3) is 0 Å². The van der Waals surface area contributed by atoms with Crippen molar-refractivity contribution in [3.8, 4) is 0 Å². The maximum atomic E-state index is 10.9. The highest BCUT2D eigenvalue weighted by atomic mass is 16.1. The van der Waals surface area contributed by atoms with Crippen molar-refractivity contribution in [1.82, 2.24) is 5.32 Å². The fourth-order valence-corrected chi connectivity index (χ4v) is 2.12. The molecule has 0 amide bonds. The predicted molar refractivity (Wildman–Crippen MR) is 70.5 cm³/mol. The lowest BCUT2D eigenvalue weighted by Gasteiger charge is -2.29. The molecule has 0 saturated carbocycles. The number of ketones is 1. The number of Topliss-reactive ketones (excluding diaryl/α,β-unsaturated/α-hetero) is 1. The SMILES string of the molecule is CC(=O)CCc1ccc(N2CCNCC2)cc1. The highest BCUT2D eigenvalue weighted by Crippen LogP contribution is 2.16. The van der Waals surface area contributed by atoms with E-state index >= 15 is 0 Å². The van der Waals surface area contributed by atoms with Crippen LogP contribution in [0.5, 0.6) is 0 Å². The zero-order chi connectivity index (χ0) is 12.1. The third-order valence-corrected chi connectivity index (χ3v) is 3.18. The molecule has 1 aliphatic heterocycles. The Kier molecular flexibility index (Phi) is 4.15. The van der Waals surface area contributed by atoms with E-state index < -0.39 is 0 Å². The van der Waals surface area contributed by atoms with Crippen LogP contribution in [-0.4, -0.2) is 32.0 Å². The van der Waals surface area contributed by atoms with Gasteiger partial charge >= 0.3 is 0 Å². The van der Waals surface area contributed by atoms with E-state index in [9.17, 15) is 4.79 Å². The largest absolute Gasteiger partial charge is 0.369 e. The molecule has 17 heavy (non-hydrogen) atoms. The topological polar surface area (TPSA) is 32.3 Å². The van der Waals surface area contributed by atoms with Crippen molar-refractivity contribution in [3.05, 3.63) is 29.8 Å². The fraction of sp³-hybridized carbons (Fsp3) is 0.500. The minimum absolute atomic E-state index is 0.260. The van der Waals surface area contributed by atoms with Gasteiger partial charge in [-0.25, -0.2) is 0 Å². The van der Waals surface area contributed by atoms with E-state index in [1.807, 2.05) is 0 Å². The summed E-state index contributed by atoms with van der Waals surface area (Å²) < 4.78 is 0. The van der Waals surface area contributed by atoms with Crippen molar-refractivity contribution in [1.29, 1.82) is 0 Å². The van der Waals surface area contributed by atoms with Gasteiger partial charge in [0, 0.05) is 38.3 Å². The van der Waals surface area contributed by atoms with Crippen LogP contribution in [0.4, 0.5) is 5.69 Å². The maximum absolute atomic E-state index is 10.9. The van der Waals surface area contributed by atoms with E-state index in [4.69, 9.17) is 0 Å². The van der Waals surface area contributed by atoms with Gasteiger partial charge in [0.2, 0.25) is 0 Å². The van der Waals surface area contributed by atoms with Gasteiger partial charge in [0.05, 0.1) is 0 Å². The number of carbonyl (C=O) groups is 1. The summed E-state index contributed by atoms with van der Waals surface area (Å²) in [5.74, 6) is 0.260. The molecular formula is C14H20N2O. The smallest absolute Gasteiger partial charge is 0.130 e. The second kappa shape index (κ2) is 5.82. The molecule has 1 aliphatic rings. The van der Waals surface area contributed by atoms with Crippen molar-refractivity contribution >= 4 is 11.5 Å². The quantitative estimate of drug-likeness (QED) is 0.856. The molecule has 92 valence electrons. The van der Waals surface area contributed by atoms with Gasteiger partial charge in [-0.15, -0.1) is 0 Å². The lowest BCUT2D eigenvalue weighted by molar-refractivity contribution is -0.116. The normalized spacial score (nSPS) is 15.9. The van der Waals surface area contributed by atoms with Crippen LogP contribution in [0.2, 0.25) is 0 Å². The number of piperazine rings is 1. The van der Waals surface area contributed by atoms with Gasteiger partial charge in [-0.05, 0) is 31.0 Å². The first-order valence-electron chi connectivity index (χ1n) is 6.30. The van der Waals surface area contributed by atoms with E-state index in [2.05, 4.69) is 34.5 Å². The van der Waals surface area contributed by atoms with Crippen LogP contribution in [0.1, 0.15) is 18.9 Å². The van der Waals surface area contributed by atoms with Gasteiger partial charge in [0.25, 0.3) is 0 Å². The van der Waals surface area contributed by atoms with Gasteiger partial charge < -0.3 is 15.0 Å². The third kappa shape index (κ3) is 3.56. The Morgan fingerprint density at radius 3 is 2.47 bits per heavy atom. The third-order valence-electron chi connectivity index (χ3n) is 3.18. The summed E-state index contributed by atoms with van der Waals surface area (Å²) in [7, 11) is 0. The molecule has 3 nitrogen and oxygen atoms in total. The molecular weight excluding hydrogens is 212 g/mol. The molecule has 0 spiro atoms. The maximum Gasteiger partial charge on any atom is 0.130 e. The van der Waals surface area contributed by atoms with E-state index in [0.29, 0.717) is 6.42 Å². The molecule has 0 atom stereocenters. The zero-order valence-electron chi connectivity index (χ0n) is 10.4. The van der Waals surface area contributed by atoms with Gasteiger partial charge in [-0.2, -0.15) is 0 Å². The average Bonchev–Trinajstić information content (AvgIpc) is 2.38. The van der Waals surface area contributed by atoms with Gasteiger partial charge in [-0.3, -0.25) is 0 Å². The average molecular weight is 232 g/mol. The lowest BCUT2D eigenvalue weighted by atomic mass is 10.1. The Balaban J connectivity index is 1.94. The van der Waals surface area contributed by atoms with Crippen LogP contribution in [0, 0.1) is 0 Å². The van der Waals surface area contributed by atoms with Crippen molar-refractivity contribution in [2.75, 3.05) is 31.1 Å². The number of hydrogen-bond acceptors (Lipinski definition) is 3. The molecule has 3 heteroatoms. The Morgan fingerprint density at radius 1 is 1.24 bits per heavy atom. The molecule has 1 fully saturated rings. The number of aryl methyl sites for hydroxylation is 1. The molecule has 1 saturated heterocycles. The number of carbonyl (C=O) groups excluding carboxylic acids is 1. The number of nitrogens with one attached hydrogen (secondary N) is 1. The number of rotatable bonds is 4. The summed E-state index contributed by atoms with van der Waals surface area (Å²) in [6.45, 7) is 5.92. The van der Waals surface area contributed by atoms with Crippen LogP contribution in [-0.2, 0) is 11.2 Å². The molecule has 0 aliphatic carbocycles. The van der Waals surface area contributed by atoms with Crippen molar-refractivity contribution in [2.24, 2.45) is 0 Å². The first-order valence-corrected chi connectivity index (χ1v) is 6.30. The fourth-order valence-electron chi connectivity index (χ4n) is 2.12. The second-order valence-corrected chi connectivity index (χ2v) is 4.61. The van der Waals surface area contributed by atoms with Crippen molar-refractivity contribution in [3.63, 3.8) is 0 Å². The van der Waals surface area contributed by atoms with Crippen LogP contribution < -0.4 is 10.2 Å². The summed E-state index contributed by atoms with van der Waals surface area (Å²) in [5.41, 5.74) is 2.54. The molecule has 1 aromatic carbocycles. The molecule has 0 unspecified atom stereocenters.